The molecule has 39 heavy (non-hydrogen) atoms. The van der Waals surface area contributed by atoms with Crippen molar-refractivity contribution in [2.75, 3.05) is 26.4 Å². The zero-order valence-electron chi connectivity index (χ0n) is 21.6. The number of carbonyl (C=O) groups is 2. The number of nitrogens with zero attached hydrogens (tertiary/aromatic N) is 5. The highest BCUT2D eigenvalue weighted by Gasteiger charge is 2.36. The first kappa shape index (κ1) is 26.2. The van der Waals surface area contributed by atoms with E-state index in [0.717, 1.165) is 61.1 Å². The Balaban J connectivity index is 1.10. The highest BCUT2D eigenvalue weighted by molar-refractivity contribution is 9.10. The lowest BCUT2D eigenvalue weighted by molar-refractivity contribution is -0.143. The number of aromatic nitrogens is 4. The van der Waals surface area contributed by atoms with E-state index < -0.39 is 0 Å². The number of hydrogen-bond acceptors (Lipinski definition) is 8. The average molecular weight is 617 g/mol. The molecule has 2 amide bonds. The minimum Gasteiger partial charge on any atom is -0.454 e. The zero-order chi connectivity index (χ0) is 27.1. The number of benzene rings is 1. The van der Waals surface area contributed by atoms with E-state index in [1.165, 1.54) is 11.8 Å². The maximum atomic E-state index is 13.1. The second kappa shape index (κ2) is 10.8. The van der Waals surface area contributed by atoms with Crippen LogP contribution in [0, 0.1) is 11.3 Å². The molecule has 0 bridgehead atoms. The maximum absolute atomic E-state index is 13.1. The van der Waals surface area contributed by atoms with Crippen LogP contribution < -0.4 is 15.0 Å². The number of fused-ring (bicyclic) bond motifs is 2. The third-order valence-electron chi connectivity index (χ3n) is 7.78. The molecule has 2 N–H and O–H groups in total. The molecule has 1 aromatic carbocycles. The molecule has 0 aliphatic carbocycles. The van der Waals surface area contributed by atoms with Crippen LogP contribution in [0.1, 0.15) is 39.0 Å². The Morgan fingerprint density at radius 1 is 1.18 bits per heavy atom. The van der Waals surface area contributed by atoms with E-state index in [0.29, 0.717) is 40.3 Å². The van der Waals surface area contributed by atoms with Crippen LogP contribution in [0.15, 0.2) is 33.0 Å². The summed E-state index contributed by atoms with van der Waals surface area (Å²) in [6, 6.07) is 3.51. The van der Waals surface area contributed by atoms with Crippen molar-refractivity contribution in [3.63, 3.8) is 0 Å². The van der Waals surface area contributed by atoms with E-state index in [9.17, 15) is 9.59 Å². The Morgan fingerprint density at radius 2 is 1.95 bits per heavy atom. The van der Waals surface area contributed by atoms with E-state index in [1.54, 1.807) is 18.2 Å². The molecular weight excluding hydrogens is 586 g/mol. The van der Waals surface area contributed by atoms with Crippen LogP contribution in [0.4, 0.5) is 0 Å². The fraction of sp³-hybridized carbons (Fsp3) is 0.500. The van der Waals surface area contributed by atoms with E-state index in [2.05, 4.69) is 25.9 Å². The zero-order valence-corrected chi connectivity index (χ0v) is 24.0. The van der Waals surface area contributed by atoms with Gasteiger partial charge < -0.3 is 28.8 Å². The Bertz CT molecular complexity index is 1480. The van der Waals surface area contributed by atoms with Crippen LogP contribution in [-0.4, -0.2) is 73.6 Å². The third-order valence-corrected chi connectivity index (χ3v) is 9.64. The first-order chi connectivity index (χ1) is 18.9. The molecule has 3 aromatic rings. The summed E-state index contributed by atoms with van der Waals surface area (Å²) >= 11 is 5.05. The molecule has 0 unspecified atom stereocenters. The molecule has 6 rings (SSSR count). The predicted molar refractivity (Wildman–Crippen MR) is 146 cm³/mol. The summed E-state index contributed by atoms with van der Waals surface area (Å²) in [4.78, 5) is 41.9. The van der Waals surface area contributed by atoms with E-state index >= 15 is 0 Å². The number of hydrogen-bond donors (Lipinski definition) is 2. The Labute approximate surface area is 237 Å². The SMILES string of the molecule is CC(=O)N1CCC[C@H]1C(=O)N1CCC(CCn2cnc(=N)c3[nH]c(Sc4cc5c(cc4Br)OCO5)nc32)CC1. The van der Waals surface area contributed by atoms with Gasteiger partial charge in [0.2, 0.25) is 18.6 Å². The van der Waals surface area contributed by atoms with Crippen LogP contribution in [-0.2, 0) is 16.1 Å². The quantitative estimate of drug-likeness (QED) is 0.434. The standard InChI is InChI=1S/C26H30BrN7O4S/c1-15(35)34-7-2-3-18(34)25(36)32-8-4-16(5-9-32)6-10-33-13-29-23(28)22-24(33)31-26(30-22)39-21-12-20-19(11-17(21)27)37-14-38-20/h11-13,16,18,28H,2-10,14H2,1H3,(H,30,31)/t18-/m0/s1. The number of halogens is 1. The number of aromatic amines is 1. The lowest BCUT2D eigenvalue weighted by Gasteiger charge is -2.35. The van der Waals surface area contributed by atoms with Gasteiger partial charge in [0.1, 0.15) is 11.6 Å². The smallest absolute Gasteiger partial charge is 0.245 e. The highest BCUT2D eigenvalue weighted by atomic mass is 79.9. The molecule has 13 heteroatoms. The minimum absolute atomic E-state index is 0.0140. The number of nitrogens with one attached hydrogen (secondary N) is 2. The molecule has 0 radical (unpaired) electrons. The monoisotopic (exact) mass is 615 g/mol. The molecular formula is C26H30BrN7O4S. The molecule has 11 nitrogen and oxygen atoms in total. The summed E-state index contributed by atoms with van der Waals surface area (Å²) in [6.45, 7) is 4.62. The molecule has 2 aromatic heterocycles. The molecule has 2 saturated heterocycles. The third kappa shape index (κ3) is 5.25. The summed E-state index contributed by atoms with van der Waals surface area (Å²) in [5.41, 5.74) is 1.46. The summed E-state index contributed by atoms with van der Waals surface area (Å²) in [5.74, 6) is 1.97. The number of imidazole rings is 1. The summed E-state index contributed by atoms with van der Waals surface area (Å²) in [5, 5.41) is 8.95. The Hall–Kier alpha value is -3.06. The van der Waals surface area contributed by atoms with Crippen LogP contribution in [0.3, 0.4) is 0 Å². The van der Waals surface area contributed by atoms with Gasteiger partial charge in [-0.15, -0.1) is 0 Å². The molecule has 3 aliphatic rings. The number of amides is 2. The molecule has 0 spiro atoms. The van der Waals surface area contributed by atoms with E-state index in [1.807, 2.05) is 21.6 Å². The van der Waals surface area contributed by atoms with Crippen molar-refractivity contribution in [3.8, 4) is 11.5 Å². The van der Waals surface area contributed by atoms with Crippen LogP contribution >= 0.6 is 27.7 Å². The van der Waals surface area contributed by atoms with Crippen LogP contribution in [0.25, 0.3) is 11.2 Å². The number of ether oxygens (including phenoxy) is 2. The summed E-state index contributed by atoms with van der Waals surface area (Å²) in [7, 11) is 0. The van der Waals surface area contributed by atoms with Gasteiger partial charge in [-0.05, 0) is 66.1 Å². The van der Waals surface area contributed by atoms with Gasteiger partial charge in [0.15, 0.2) is 27.8 Å². The Kier molecular flexibility index (Phi) is 7.27. The van der Waals surface area contributed by atoms with Gasteiger partial charge in [0.05, 0.1) is 6.33 Å². The maximum Gasteiger partial charge on any atom is 0.245 e. The van der Waals surface area contributed by atoms with Gasteiger partial charge in [0, 0.05) is 42.5 Å². The number of carbonyl (C=O) groups excluding carboxylic acids is 2. The largest absolute Gasteiger partial charge is 0.454 e. The fourth-order valence-electron chi connectivity index (χ4n) is 5.63. The fourth-order valence-corrected chi connectivity index (χ4v) is 7.01. The molecule has 1 atom stereocenters. The van der Waals surface area contributed by atoms with Crippen molar-refractivity contribution < 1.29 is 19.1 Å². The van der Waals surface area contributed by atoms with Crippen molar-refractivity contribution >= 4 is 50.7 Å². The van der Waals surface area contributed by atoms with Crippen molar-refractivity contribution in [2.24, 2.45) is 5.92 Å². The van der Waals surface area contributed by atoms with Gasteiger partial charge in [-0.1, -0.05) is 11.8 Å². The lowest BCUT2D eigenvalue weighted by atomic mass is 9.93. The number of rotatable bonds is 6. The van der Waals surface area contributed by atoms with Gasteiger partial charge in [0.25, 0.3) is 0 Å². The van der Waals surface area contributed by atoms with Crippen molar-refractivity contribution in [2.45, 2.75) is 61.7 Å². The first-order valence-electron chi connectivity index (χ1n) is 13.2. The summed E-state index contributed by atoms with van der Waals surface area (Å²) < 4.78 is 13.8. The second-order valence-corrected chi connectivity index (χ2v) is 12.1. The molecule has 0 saturated carbocycles. The second-order valence-electron chi connectivity index (χ2n) is 10.2. The number of piperidine rings is 1. The van der Waals surface area contributed by atoms with Gasteiger partial charge in [-0.25, -0.2) is 9.97 Å². The van der Waals surface area contributed by atoms with Crippen LogP contribution in [0.2, 0.25) is 0 Å². The Morgan fingerprint density at radius 3 is 2.72 bits per heavy atom. The summed E-state index contributed by atoms with van der Waals surface area (Å²) in [6.07, 6.45) is 6.15. The van der Waals surface area contributed by atoms with Gasteiger partial charge >= 0.3 is 0 Å². The topological polar surface area (TPSA) is 129 Å². The molecule has 5 heterocycles. The minimum atomic E-state index is -0.289. The molecule has 206 valence electrons. The van der Waals surface area contributed by atoms with Crippen molar-refractivity contribution in [1.29, 1.82) is 5.41 Å². The van der Waals surface area contributed by atoms with Crippen molar-refractivity contribution in [1.82, 2.24) is 29.3 Å². The van der Waals surface area contributed by atoms with Crippen LogP contribution in [0.5, 0.6) is 11.5 Å². The predicted octanol–water partition coefficient (Wildman–Crippen LogP) is 3.52. The number of H-pyrrole nitrogens is 1. The number of aryl methyl sites for hydroxylation is 1. The molecule has 2 fully saturated rings. The van der Waals surface area contributed by atoms with Gasteiger partial charge in [-0.2, -0.15) is 0 Å². The average Bonchev–Trinajstić information content (AvgIpc) is 3.68. The highest BCUT2D eigenvalue weighted by Crippen LogP contribution is 2.42. The van der Waals surface area contributed by atoms with Crippen molar-refractivity contribution in [3.05, 3.63) is 28.4 Å². The van der Waals surface area contributed by atoms with E-state index in [-0.39, 0.29) is 30.1 Å². The first-order valence-corrected chi connectivity index (χ1v) is 14.8. The lowest BCUT2D eigenvalue weighted by Crippen LogP contribution is -2.49. The molecule has 3 aliphatic heterocycles. The number of likely N-dealkylation sites (tertiary alicyclic amines) is 2. The normalized spacial score (nSPS) is 19.3. The van der Waals surface area contributed by atoms with Gasteiger partial charge in [-0.3, -0.25) is 15.0 Å². The van der Waals surface area contributed by atoms with E-state index in [4.69, 9.17) is 19.9 Å².